The lowest BCUT2D eigenvalue weighted by Crippen LogP contribution is -2.33. The van der Waals surface area contributed by atoms with Crippen LogP contribution in [0, 0.1) is 0 Å². The van der Waals surface area contributed by atoms with Crippen molar-refractivity contribution in [3.05, 3.63) is 18.2 Å². The van der Waals surface area contributed by atoms with Gasteiger partial charge in [-0.25, -0.2) is 4.79 Å². The monoisotopic (exact) mass is 339 g/mol. The Kier molecular flexibility index (Phi) is 8.18. The minimum absolute atomic E-state index is 0.410. The number of hydrogen-bond donors (Lipinski definition) is 3. The van der Waals surface area contributed by atoms with E-state index in [1.54, 1.807) is 7.11 Å². The Morgan fingerprint density at radius 1 is 1.21 bits per heavy atom. The van der Waals surface area contributed by atoms with E-state index in [4.69, 9.17) is 14.3 Å². The van der Waals surface area contributed by atoms with Crippen LogP contribution in [0.15, 0.2) is 18.2 Å². The standard InChI is InChI=1S/C17H29N3O4/c1-6-18-15-12-13(8-9-14(15)20-22-5)23-11-7-10-19-16(21)24-17(2,3)4/h8-9,12,18,20H,6-7,10-11H2,1-5H3,(H,19,21). The maximum Gasteiger partial charge on any atom is 0.407 e. The molecule has 1 amide bonds. The first-order valence-corrected chi connectivity index (χ1v) is 8.12. The van der Waals surface area contributed by atoms with Gasteiger partial charge < -0.3 is 20.1 Å². The second-order valence-corrected chi connectivity index (χ2v) is 6.17. The van der Waals surface area contributed by atoms with Crippen LogP contribution in [0.1, 0.15) is 34.1 Å². The summed E-state index contributed by atoms with van der Waals surface area (Å²) >= 11 is 0. The fourth-order valence-corrected chi connectivity index (χ4v) is 1.92. The molecule has 0 atom stereocenters. The molecular weight excluding hydrogens is 310 g/mol. The lowest BCUT2D eigenvalue weighted by atomic mass is 10.2. The molecule has 136 valence electrons. The predicted octanol–water partition coefficient (Wildman–Crippen LogP) is 3.39. The molecule has 0 saturated carbocycles. The van der Waals surface area contributed by atoms with Crippen LogP contribution in [0.5, 0.6) is 5.75 Å². The highest BCUT2D eigenvalue weighted by atomic mass is 16.6. The SMILES string of the molecule is CCNc1cc(OCCCNC(=O)OC(C)(C)C)ccc1NOC. The first-order valence-electron chi connectivity index (χ1n) is 8.12. The van der Waals surface area contributed by atoms with E-state index in [1.165, 1.54) is 0 Å². The van der Waals surface area contributed by atoms with E-state index in [0.717, 1.165) is 23.7 Å². The van der Waals surface area contributed by atoms with Gasteiger partial charge >= 0.3 is 6.09 Å². The number of carbonyl (C=O) groups excluding carboxylic acids is 1. The molecule has 0 aliphatic heterocycles. The summed E-state index contributed by atoms with van der Waals surface area (Å²) in [5, 5.41) is 5.95. The van der Waals surface area contributed by atoms with Crippen LogP contribution in [0.3, 0.4) is 0 Å². The van der Waals surface area contributed by atoms with E-state index < -0.39 is 11.7 Å². The molecule has 0 spiro atoms. The third kappa shape index (κ3) is 7.92. The van der Waals surface area contributed by atoms with E-state index >= 15 is 0 Å². The number of alkyl carbamates (subject to hydrolysis) is 1. The van der Waals surface area contributed by atoms with Gasteiger partial charge in [-0.1, -0.05) is 0 Å². The first-order chi connectivity index (χ1) is 11.4. The maximum atomic E-state index is 11.5. The van der Waals surface area contributed by atoms with Crippen LogP contribution in [-0.2, 0) is 9.57 Å². The minimum Gasteiger partial charge on any atom is -0.493 e. The molecule has 0 bridgehead atoms. The molecule has 0 aliphatic carbocycles. The zero-order valence-electron chi connectivity index (χ0n) is 15.2. The van der Waals surface area contributed by atoms with Crippen molar-refractivity contribution in [1.29, 1.82) is 0 Å². The Morgan fingerprint density at radius 3 is 2.58 bits per heavy atom. The van der Waals surface area contributed by atoms with Crippen molar-refractivity contribution in [3.8, 4) is 5.75 Å². The van der Waals surface area contributed by atoms with Gasteiger partial charge in [-0.15, -0.1) is 0 Å². The smallest absolute Gasteiger partial charge is 0.407 e. The highest BCUT2D eigenvalue weighted by Gasteiger charge is 2.15. The molecule has 3 N–H and O–H groups in total. The summed E-state index contributed by atoms with van der Waals surface area (Å²) in [5.74, 6) is 0.755. The van der Waals surface area contributed by atoms with Gasteiger partial charge in [0.1, 0.15) is 11.4 Å². The third-order valence-electron chi connectivity index (χ3n) is 2.83. The predicted molar refractivity (Wildman–Crippen MR) is 95.6 cm³/mol. The number of amides is 1. The van der Waals surface area contributed by atoms with Crippen LogP contribution >= 0.6 is 0 Å². The van der Waals surface area contributed by atoms with Gasteiger partial charge in [-0.3, -0.25) is 10.3 Å². The van der Waals surface area contributed by atoms with Crippen LogP contribution in [0.4, 0.5) is 16.2 Å². The lowest BCUT2D eigenvalue weighted by molar-refractivity contribution is 0.0525. The highest BCUT2D eigenvalue weighted by molar-refractivity contribution is 5.70. The summed E-state index contributed by atoms with van der Waals surface area (Å²) in [5.41, 5.74) is 4.08. The minimum atomic E-state index is -0.485. The van der Waals surface area contributed by atoms with Gasteiger partial charge in [-0.05, 0) is 46.2 Å². The molecule has 0 aromatic heterocycles. The van der Waals surface area contributed by atoms with Crippen molar-refractivity contribution in [2.45, 2.75) is 39.7 Å². The normalized spacial score (nSPS) is 10.9. The van der Waals surface area contributed by atoms with Crippen LogP contribution < -0.4 is 20.9 Å². The molecule has 7 nitrogen and oxygen atoms in total. The number of benzene rings is 1. The molecule has 0 saturated heterocycles. The maximum absolute atomic E-state index is 11.5. The fourth-order valence-electron chi connectivity index (χ4n) is 1.92. The largest absolute Gasteiger partial charge is 0.493 e. The van der Waals surface area contributed by atoms with Crippen LogP contribution in [-0.4, -0.2) is 38.5 Å². The van der Waals surface area contributed by atoms with E-state index in [9.17, 15) is 4.79 Å². The molecule has 0 unspecified atom stereocenters. The average molecular weight is 339 g/mol. The van der Waals surface area contributed by atoms with Crippen molar-refractivity contribution in [2.24, 2.45) is 0 Å². The Balaban J connectivity index is 2.37. The van der Waals surface area contributed by atoms with Gasteiger partial charge in [0, 0.05) is 19.2 Å². The number of hydrogen-bond acceptors (Lipinski definition) is 6. The molecule has 24 heavy (non-hydrogen) atoms. The van der Waals surface area contributed by atoms with Gasteiger partial charge in [-0.2, -0.15) is 0 Å². The zero-order chi connectivity index (χ0) is 18.0. The third-order valence-corrected chi connectivity index (χ3v) is 2.83. The molecule has 1 aromatic rings. The van der Waals surface area contributed by atoms with Crippen molar-refractivity contribution in [2.75, 3.05) is 37.6 Å². The summed E-state index contributed by atoms with van der Waals surface area (Å²) in [6.07, 6.45) is 0.278. The van der Waals surface area contributed by atoms with Crippen LogP contribution in [0.25, 0.3) is 0 Å². The lowest BCUT2D eigenvalue weighted by Gasteiger charge is -2.19. The summed E-state index contributed by atoms with van der Waals surface area (Å²) in [7, 11) is 1.57. The van der Waals surface area contributed by atoms with Crippen molar-refractivity contribution in [3.63, 3.8) is 0 Å². The second-order valence-electron chi connectivity index (χ2n) is 6.17. The Bertz CT molecular complexity index is 515. The summed E-state index contributed by atoms with van der Waals surface area (Å²) < 4.78 is 10.9. The van der Waals surface area contributed by atoms with Gasteiger partial charge in [0.2, 0.25) is 0 Å². The van der Waals surface area contributed by atoms with Gasteiger partial charge in [0.15, 0.2) is 0 Å². The summed E-state index contributed by atoms with van der Waals surface area (Å²) in [6.45, 7) is 9.31. The molecule has 0 aliphatic rings. The summed E-state index contributed by atoms with van der Waals surface area (Å²) in [4.78, 5) is 16.4. The number of anilines is 2. The highest BCUT2D eigenvalue weighted by Crippen LogP contribution is 2.27. The average Bonchev–Trinajstić information content (AvgIpc) is 2.48. The molecule has 0 fully saturated rings. The Morgan fingerprint density at radius 2 is 1.96 bits per heavy atom. The number of rotatable bonds is 9. The second kappa shape index (κ2) is 9.87. The molecule has 1 aromatic carbocycles. The molecule has 0 heterocycles. The quantitative estimate of drug-likeness (QED) is 0.473. The van der Waals surface area contributed by atoms with Crippen LogP contribution in [0.2, 0.25) is 0 Å². The molecule has 7 heteroatoms. The topological polar surface area (TPSA) is 80.9 Å². The molecule has 0 radical (unpaired) electrons. The van der Waals surface area contributed by atoms with E-state index in [1.807, 2.05) is 45.9 Å². The number of ether oxygens (including phenoxy) is 2. The van der Waals surface area contributed by atoms with E-state index in [-0.39, 0.29) is 0 Å². The Labute approximate surface area is 144 Å². The Hall–Kier alpha value is -2.15. The molecular formula is C17H29N3O4. The zero-order valence-corrected chi connectivity index (χ0v) is 15.2. The van der Waals surface area contributed by atoms with Crippen molar-refractivity contribution >= 4 is 17.5 Å². The molecule has 1 rings (SSSR count). The number of nitrogens with one attached hydrogen (secondary N) is 3. The van der Waals surface area contributed by atoms with Crippen molar-refractivity contribution < 1.29 is 19.1 Å². The fraction of sp³-hybridized carbons (Fsp3) is 0.588. The van der Waals surface area contributed by atoms with E-state index in [0.29, 0.717) is 19.6 Å². The first kappa shape index (κ1) is 19.9. The number of carbonyl (C=O) groups is 1. The van der Waals surface area contributed by atoms with E-state index in [2.05, 4.69) is 16.1 Å². The van der Waals surface area contributed by atoms with Gasteiger partial charge in [0.25, 0.3) is 0 Å². The summed E-state index contributed by atoms with van der Waals surface area (Å²) in [6, 6.07) is 5.66. The van der Waals surface area contributed by atoms with Crippen molar-refractivity contribution in [1.82, 2.24) is 5.32 Å². The van der Waals surface area contributed by atoms with Gasteiger partial charge in [0.05, 0.1) is 25.1 Å².